The lowest BCUT2D eigenvalue weighted by Crippen LogP contribution is -2.23. The van der Waals surface area contributed by atoms with Gasteiger partial charge >= 0.3 is 6.36 Å². The molecule has 0 aliphatic carbocycles. The highest BCUT2D eigenvalue weighted by molar-refractivity contribution is 7.90. The summed E-state index contributed by atoms with van der Waals surface area (Å²) in [5.74, 6) is -0.776. The fraction of sp³-hybridized carbons (Fsp3) is 0.143. The number of aromatic nitrogens is 1. The molecule has 2 aromatic carbocycles. The number of hydrogen-bond donors (Lipinski definition) is 1. The van der Waals surface area contributed by atoms with Crippen LogP contribution in [-0.4, -0.2) is 31.9 Å². The first kappa shape index (κ1) is 23.6. The van der Waals surface area contributed by atoms with Gasteiger partial charge in [0.05, 0.1) is 16.2 Å². The van der Waals surface area contributed by atoms with Gasteiger partial charge in [0.1, 0.15) is 5.75 Å². The molecule has 6 nitrogen and oxygen atoms in total. The van der Waals surface area contributed by atoms with Crippen LogP contribution in [-0.2, 0) is 16.4 Å². The molecule has 0 atom stereocenters. The van der Waals surface area contributed by atoms with Gasteiger partial charge in [0.2, 0.25) is 0 Å². The van der Waals surface area contributed by atoms with Crippen molar-refractivity contribution >= 4 is 27.3 Å². The van der Waals surface area contributed by atoms with E-state index in [2.05, 4.69) is 15.0 Å². The van der Waals surface area contributed by atoms with Crippen LogP contribution in [0.25, 0.3) is 11.3 Å². The van der Waals surface area contributed by atoms with Gasteiger partial charge in [0.15, 0.2) is 9.84 Å². The van der Waals surface area contributed by atoms with Crippen molar-refractivity contribution in [1.82, 2.24) is 10.3 Å². The van der Waals surface area contributed by atoms with E-state index in [0.29, 0.717) is 16.8 Å². The topological polar surface area (TPSA) is 85.4 Å². The lowest BCUT2D eigenvalue weighted by atomic mass is 10.1. The quantitative estimate of drug-likeness (QED) is 0.551. The molecule has 0 saturated carbocycles. The maximum absolute atomic E-state index is 12.4. The first-order valence-corrected chi connectivity index (χ1v) is 11.3. The molecule has 1 amide bonds. The van der Waals surface area contributed by atoms with Crippen molar-refractivity contribution in [2.75, 3.05) is 6.26 Å². The number of benzene rings is 2. The highest BCUT2D eigenvalue weighted by Gasteiger charge is 2.31. The number of halogens is 4. The van der Waals surface area contributed by atoms with Gasteiger partial charge in [-0.25, -0.2) is 8.42 Å². The molecule has 1 N–H and O–H groups in total. The number of nitrogens with zero attached hydrogens (tertiary/aromatic N) is 1. The maximum Gasteiger partial charge on any atom is 0.573 e. The first-order chi connectivity index (χ1) is 14.9. The molecule has 0 spiro atoms. The summed E-state index contributed by atoms with van der Waals surface area (Å²) in [6, 6.07) is 12.5. The minimum atomic E-state index is -4.77. The smallest absolute Gasteiger partial charge is 0.406 e. The van der Waals surface area contributed by atoms with E-state index in [4.69, 9.17) is 11.6 Å². The van der Waals surface area contributed by atoms with Crippen molar-refractivity contribution in [2.24, 2.45) is 0 Å². The molecule has 0 fully saturated rings. The minimum absolute atomic E-state index is 0.0735. The highest BCUT2D eigenvalue weighted by atomic mass is 35.5. The normalized spacial score (nSPS) is 11.8. The van der Waals surface area contributed by atoms with Crippen LogP contribution in [0.2, 0.25) is 5.02 Å². The largest absolute Gasteiger partial charge is 0.573 e. The Hall–Kier alpha value is -3.11. The van der Waals surface area contributed by atoms with Gasteiger partial charge in [0.25, 0.3) is 5.91 Å². The zero-order valence-corrected chi connectivity index (χ0v) is 18.1. The third kappa shape index (κ3) is 6.21. The standard InChI is InChI=1S/C21H16ClF3N2O4S/c1-32(29,30)17-8-4-14(18(22)10-17)11-27-20(28)15-5-9-19(26-12-15)13-2-6-16(7-3-13)31-21(23,24)25/h2-10,12H,11H2,1H3,(H,27,28). The molecule has 0 bridgehead atoms. The predicted octanol–water partition coefficient (Wildman–Crippen LogP) is 4.63. The van der Waals surface area contributed by atoms with Gasteiger partial charge in [-0.2, -0.15) is 0 Å². The Morgan fingerprint density at radius 3 is 2.31 bits per heavy atom. The summed E-state index contributed by atoms with van der Waals surface area (Å²) in [5.41, 5.74) is 1.80. The third-order valence-corrected chi connectivity index (χ3v) is 5.76. The van der Waals surface area contributed by atoms with Gasteiger partial charge in [0, 0.05) is 29.6 Å². The summed E-state index contributed by atoms with van der Waals surface area (Å²) < 4.78 is 63.7. The minimum Gasteiger partial charge on any atom is -0.406 e. The van der Waals surface area contributed by atoms with E-state index in [1.54, 1.807) is 6.07 Å². The summed E-state index contributed by atoms with van der Waals surface area (Å²) >= 11 is 6.10. The van der Waals surface area contributed by atoms with Gasteiger partial charge in [-0.3, -0.25) is 9.78 Å². The molecule has 0 radical (unpaired) electrons. The zero-order chi connectivity index (χ0) is 23.5. The van der Waals surface area contributed by atoms with Crippen LogP contribution in [0.4, 0.5) is 13.2 Å². The number of pyridine rings is 1. The second-order valence-corrected chi connectivity index (χ2v) is 9.14. The SMILES string of the molecule is CS(=O)(=O)c1ccc(CNC(=O)c2ccc(-c3ccc(OC(F)(F)F)cc3)nc2)c(Cl)c1. The van der Waals surface area contributed by atoms with E-state index >= 15 is 0 Å². The zero-order valence-electron chi connectivity index (χ0n) is 16.5. The lowest BCUT2D eigenvalue weighted by molar-refractivity contribution is -0.274. The molecule has 0 aliphatic heterocycles. The molecular weight excluding hydrogens is 469 g/mol. The van der Waals surface area contributed by atoms with Gasteiger partial charge in [-0.15, -0.1) is 13.2 Å². The predicted molar refractivity (Wildman–Crippen MR) is 112 cm³/mol. The van der Waals surface area contributed by atoms with Crippen molar-refractivity contribution in [2.45, 2.75) is 17.8 Å². The van der Waals surface area contributed by atoms with Crippen LogP contribution < -0.4 is 10.1 Å². The fourth-order valence-electron chi connectivity index (χ4n) is 2.71. The Bertz CT molecular complexity index is 1230. The highest BCUT2D eigenvalue weighted by Crippen LogP contribution is 2.26. The van der Waals surface area contributed by atoms with Crippen LogP contribution in [0.15, 0.2) is 65.7 Å². The molecule has 1 aromatic heterocycles. The number of carbonyl (C=O) groups excluding carboxylic acids is 1. The molecule has 3 aromatic rings. The molecule has 0 saturated heterocycles. The summed E-state index contributed by atoms with van der Waals surface area (Å²) in [5, 5.41) is 2.87. The number of carbonyl (C=O) groups is 1. The molecule has 0 unspecified atom stereocenters. The van der Waals surface area contributed by atoms with Crippen molar-refractivity contribution in [3.63, 3.8) is 0 Å². The van der Waals surface area contributed by atoms with E-state index in [9.17, 15) is 26.4 Å². The fourth-order valence-corrected chi connectivity index (χ4v) is 3.67. The van der Waals surface area contributed by atoms with E-state index in [1.807, 2.05) is 0 Å². The molecule has 1 heterocycles. The molecule has 11 heteroatoms. The molecule has 3 rings (SSSR count). The third-order valence-electron chi connectivity index (χ3n) is 4.30. The van der Waals surface area contributed by atoms with Crippen LogP contribution in [0.5, 0.6) is 5.75 Å². The second kappa shape index (κ2) is 9.17. The van der Waals surface area contributed by atoms with Crippen molar-refractivity contribution in [1.29, 1.82) is 0 Å². The number of amides is 1. The van der Waals surface area contributed by atoms with Gasteiger partial charge < -0.3 is 10.1 Å². The Morgan fingerprint density at radius 2 is 1.78 bits per heavy atom. The van der Waals surface area contributed by atoms with E-state index in [1.165, 1.54) is 54.7 Å². The number of hydrogen-bond acceptors (Lipinski definition) is 5. The number of rotatable bonds is 6. The monoisotopic (exact) mass is 484 g/mol. The van der Waals surface area contributed by atoms with E-state index in [-0.39, 0.29) is 27.8 Å². The van der Waals surface area contributed by atoms with Crippen LogP contribution in [0.3, 0.4) is 0 Å². The molecule has 168 valence electrons. The maximum atomic E-state index is 12.4. The van der Waals surface area contributed by atoms with Crippen molar-refractivity contribution in [3.05, 3.63) is 76.9 Å². The second-order valence-electron chi connectivity index (χ2n) is 6.71. The van der Waals surface area contributed by atoms with Crippen LogP contribution >= 0.6 is 11.6 Å². The first-order valence-electron chi connectivity index (χ1n) is 9.01. The van der Waals surface area contributed by atoms with Crippen molar-refractivity contribution < 1.29 is 31.1 Å². The number of sulfone groups is 1. The Kier molecular flexibility index (Phi) is 6.75. The number of alkyl halides is 3. The Balaban J connectivity index is 1.64. The molecule has 0 aliphatic rings. The van der Waals surface area contributed by atoms with E-state index < -0.39 is 22.1 Å². The van der Waals surface area contributed by atoms with E-state index in [0.717, 1.165) is 6.26 Å². The Morgan fingerprint density at radius 1 is 1.09 bits per heavy atom. The molecular formula is C21H16ClF3N2O4S. The van der Waals surface area contributed by atoms with Crippen molar-refractivity contribution in [3.8, 4) is 17.0 Å². The van der Waals surface area contributed by atoms with Gasteiger partial charge in [-0.05, 0) is 54.1 Å². The lowest BCUT2D eigenvalue weighted by Gasteiger charge is -2.10. The van der Waals surface area contributed by atoms with Gasteiger partial charge in [-0.1, -0.05) is 17.7 Å². The average Bonchev–Trinajstić information content (AvgIpc) is 2.71. The number of nitrogens with one attached hydrogen (secondary N) is 1. The summed E-state index contributed by atoms with van der Waals surface area (Å²) in [7, 11) is -3.39. The Labute approximate surface area is 186 Å². The summed E-state index contributed by atoms with van der Waals surface area (Å²) in [4.78, 5) is 16.6. The summed E-state index contributed by atoms with van der Waals surface area (Å²) in [6.07, 6.45) is -2.37. The van der Waals surface area contributed by atoms with Crippen LogP contribution in [0, 0.1) is 0 Å². The van der Waals surface area contributed by atoms with Crippen LogP contribution in [0.1, 0.15) is 15.9 Å². The summed E-state index contributed by atoms with van der Waals surface area (Å²) in [6.45, 7) is 0.0735. The average molecular weight is 485 g/mol. The number of ether oxygens (including phenoxy) is 1. The molecule has 32 heavy (non-hydrogen) atoms.